The molecule has 2 atom stereocenters. The van der Waals surface area contributed by atoms with E-state index in [-0.39, 0.29) is 6.04 Å². The van der Waals surface area contributed by atoms with Crippen LogP contribution in [-0.4, -0.2) is 19.8 Å². The first-order valence-electron chi connectivity index (χ1n) is 6.42. The van der Waals surface area contributed by atoms with Crippen LogP contribution >= 0.6 is 0 Å². The highest BCUT2D eigenvalue weighted by Crippen LogP contribution is 2.18. The second-order valence-electron chi connectivity index (χ2n) is 4.92. The van der Waals surface area contributed by atoms with Crippen LogP contribution in [0.4, 0.5) is 8.78 Å². The van der Waals surface area contributed by atoms with Crippen molar-refractivity contribution in [3.8, 4) is 0 Å². The highest BCUT2D eigenvalue weighted by molar-refractivity contribution is 5.20. The van der Waals surface area contributed by atoms with Crippen molar-refractivity contribution >= 4 is 0 Å². The Kier molecular flexibility index (Phi) is 4.66. The molecule has 1 aliphatic rings. The predicted octanol–water partition coefficient (Wildman–Crippen LogP) is 3.04. The molecule has 0 spiro atoms. The van der Waals surface area contributed by atoms with Gasteiger partial charge in [-0.25, -0.2) is 8.78 Å². The first-order valence-corrected chi connectivity index (χ1v) is 6.42. The van der Waals surface area contributed by atoms with E-state index >= 15 is 0 Å². The number of hydrogen-bond acceptors (Lipinski definition) is 2. The lowest BCUT2D eigenvalue weighted by atomic mass is 10.0. The van der Waals surface area contributed by atoms with Gasteiger partial charge < -0.3 is 10.1 Å². The van der Waals surface area contributed by atoms with E-state index in [0.717, 1.165) is 38.7 Å². The number of hydrogen-bond donors (Lipinski definition) is 1. The molecule has 0 radical (unpaired) electrons. The highest BCUT2D eigenvalue weighted by atomic mass is 19.1. The predicted molar refractivity (Wildman–Crippen MR) is 66.3 cm³/mol. The molecule has 100 valence electrons. The third-order valence-electron chi connectivity index (χ3n) is 3.35. The average molecular weight is 255 g/mol. The number of benzene rings is 1. The van der Waals surface area contributed by atoms with E-state index < -0.39 is 11.6 Å². The van der Waals surface area contributed by atoms with Gasteiger partial charge in [0, 0.05) is 25.3 Å². The van der Waals surface area contributed by atoms with Crippen molar-refractivity contribution in [3.63, 3.8) is 0 Å². The Hall–Kier alpha value is -1.00. The summed E-state index contributed by atoms with van der Waals surface area (Å²) in [6.07, 6.45) is 2.24. The molecule has 1 aliphatic heterocycles. The maximum Gasteiger partial charge on any atom is 0.126 e. The van der Waals surface area contributed by atoms with E-state index in [9.17, 15) is 8.78 Å². The van der Waals surface area contributed by atoms with E-state index in [0.29, 0.717) is 11.5 Å². The fourth-order valence-corrected chi connectivity index (χ4v) is 2.25. The molecule has 0 amide bonds. The molecule has 1 heterocycles. The maximum atomic E-state index is 13.1. The molecular formula is C14H19F2NO. The third kappa shape index (κ3) is 3.75. The number of ether oxygens (including phenoxy) is 1. The van der Waals surface area contributed by atoms with Crippen LogP contribution in [0.3, 0.4) is 0 Å². The Morgan fingerprint density at radius 1 is 1.33 bits per heavy atom. The molecule has 18 heavy (non-hydrogen) atoms. The Morgan fingerprint density at radius 2 is 2.06 bits per heavy atom. The van der Waals surface area contributed by atoms with Crippen molar-refractivity contribution < 1.29 is 13.5 Å². The van der Waals surface area contributed by atoms with E-state index in [2.05, 4.69) is 5.32 Å². The lowest BCUT2D eigenvalue weighted by Crippen LogP contribution is -2.30. The quantitative estimate of drug-likeness (QED) is 0.893. The second-order valence-corrected chi connectivity index (χ2v) is 4.92. The first kappa shape index (κ1) is 13.4. The standard InChI is InChI=1S/C14H19F2NO/c1-10(12-5-13(15)7-14(16)6-12)17-8-11-3-2-4-18-9-11/h5-7,10-11,17H,2-4,8-9H2,1H3. The van der Waals surface area contributed by atoms with Crippen molar-refractivity contribution in [1.29, 1.82) is 0 Å². The summed E-state index contributed by atoms with van der Waals surface area (Å²) in [7, 11) is 0. The molecule has 1 saturated heterocycles. The van der Waals surface area contributed by atoms with Gasteiger partial charge in [0.1, 0.15) is 11.6 Å². The first-order chi connectivity index (χ1) is 8.65. The minimum absolute atomic E-state index is 0.0582. The SMILES string of the molecule is CC(NCC1CCCOC1)c1cc(F)cc(F)c1. The van der Waals surface area contributed by atoms with Crippen molar-refractivity contribution in [1.82, 2.24) is 5.32 Å². The Balaban J connectivity index is 1.88. The van der Waals surface area contributed by atoms with Gasteiger partial charge in [-0.15, -0.1) is 0 Å². The fraction of sp³-hybridized carbons (Fsp3) is 0.571. The summed E-state index contributed by atoms with van der Waals surface area (Å²) in [5, 5.41) is 3.31. The lowest BCUT2D eigenvalue weighted by Gasteiger charge is -2.24. The van der Waals surface area contributed by atoms with Crippen LogP contribution in [-0.2, 0) is 4.74 Å². The van der Waals surface area contributed by atoms with Gasteiger partial charge in [0.15, 0.2) is 0 Å². The zero-order valence-electron chi connectivity index (χ0n) is 10.6. The van der Waals surface area contributed by atoms with Crippen molar-refractivity contribution in [2.45, 2.75) is 25.8 Å². The van der Waals surface area contributed by atoms with Gasteiger partial charge >= 0.3 is 0 Å². The molecule has 1 aromatic carbocycles. The zero-order valence-corrected chi connectivity index (χ0v) is 10.6. The molecule has 0 aromatic heterocycles. The molecular weight excluding hydrogens is 236 g/mol. The van der Waals surface area contributed by atoms with E-state index in [1.54, 1.807) is 0 Å². The molecule has 0 saturated carbocycles. The second kappa shape index (κ2) is 6.25. The maximum absolute atomic E-state index is 13.1. The van der Waals surface area contributed by atoms with Crippen LogP contribution < -0.4 is 5.32 Å². The third-order valence-corrected chi connectivity index (χ3v) is 3.35. The van der Waals surface area contributed by atoms with E-state index in [4.69, 9.17) is 4.74 Å². The topological polar surface area (TPSA) is 21.3 Å². The summed E-state index contributed by atoms with van der Waals surface area (Å²) in [6.45, 7) is 4.36. The minimum atomic E-state index is -0.528. The Bertz CT molecular complexity index is 371. The molecule has 1 N–H and O–H groups in total. The summed E-state index contributed by atoms with van der Waals surface area (Å²) in [5.41, 5.74) is 0.643. The number of nitrogens with one attached hydrogen (secondary N) is 1. The summed E-state index contributed by atoms with van der Waals surface area (Å²) >= 11 is 0. The zero-order chi connectivity index (χ0) is 13.0. The van der Waals surface area contributed by atoms with Gasteiger partial charge in [-0.3, -0.25) is 0 Å². The van der Waals surface area contributed by atoms with Gasteiger partial charge in [-0.1, -0.05) is 0 Å². The summed E-state index contributed by atoms with van der Waals surface area (Å²) < 4.78 is 31.6. The van der Waals surface area contributed by atoms with Crippen LogP contribution in [0.15, 0.2) is 18.2 Å². The molecule has 2 nitrogen and oxygen atoms in total. The molecule has 2 rings (SSSR count). The van der Waals surface area contributed by atoms with Gasteiger partial charge in [0.25, 0.3) is 0 Å². The van der Waals surface area contributed by atoms with Crippen LogP contribution in [0.2, 0.25) is 0 Å². The highest BCUT2D eigenvalue weighted by Gasteiger charge is 2.15. The Morgan fingerprint density at radius 3 is 2.67 bits per heavy atom. The molecule has 4 heteroatoms. The molecule has 0 bridgehead atoms. The summed E-state index contributed by atoms with van der Waals surface area (Å²) in [4.78, 5) is 0. The van der Waals surface area contributed by atoms with Gasteiger partial charge in [-0.2, -0.15) is 0 Å². The summed E-state index contributed by atoms with van der Waals surface area (Å²) in [5.74, 6) is -0.557. The molecule has 0 aliphatic carbocycles. The number of halogens is 2. The average Bonchev–Trinajstić information content (AvgIpc) is 2.36. The van der Waals surface area contributed by atoms with Crippen molar-refractivity contribution in [2.75, 3.05) is 19.8 Å². The monoisotopic (exact) mass is 255 g/mol. The molecule has 1 aromatic rings. The van der Waals surface area contributed by atoms with Crippen LogP contribution in [0, 0.1) is 17.6 Å². The smallest absolute Gasteiger partial charge is 0.126 e. The van der Waals surface area contributed by atoms with Gasteiger partial charge in [0.05, 0.1) is 6.61 Å². The fourth-order valence-electron chi connectivity index (χ4n) is 2.25. The molecule has 2 unspecified atom stereocenters. The van der Waals surface area contributed by atoms with Gasteiger partial charge in [0.2, 0.25) is 0 Å². The van der Waals surface area contributed by atoms with Crippen molar-refractivity contribution in [2.24, 2.45) is 5.92 Å². The lowest BCUT2D eigenvalue weighted by molar-refractivity contribution is 0.0540. The normalized spacial score (nSPS) is 21.8. The van der Waals surface area contributed by atoms with E-state index in [1.165, 1.54) is 12.1 Å². The number of rotatable bonds is 4. The van der Waals surface area contributed by atoms with Crippen LogP contribution in [0.25, 0.3) is 0 Å². The molecule has 1 fully saturated rings. The summed E-state index contributed by atoms with van der Waals surface area (Å²) in [6, 6.07) is 3.58. The Labute approximate surface area is 106 Å². The van der Waals surface area contributed by atoms with Crippen LogP contribution in [0.1, 0.15) is 31.4 Å². The van der Waals surface area contributed by atoms with Gasteiger partial charge in [-0.05, 0) is 43.4 Å². The van der Waals surface area contributed by atoms with Crippen molar-refractivity contribution in [3.05, 3.63) is 35.4 Å². The minimum Gasteiger partial charge on any atom is -0.381 e. The van der Waals surface area contributed by atoms with Crippen LogP contribution in [0.5, 0.6) is 0 Å². The van der Waals surface area contributed by atoms with E-state index in [1.807, 2.05) is 6.92 Å². The largest absolute Gasteiger partial charge is 0.381 e.